The van der Waals surface area contributed by atoms with E-state index < -0.39 is 21.7 Å². The molecule has 2 amide bonds. The summed E-state index contributed by atoms with van der Waals surface area (Å²) in [4.78, 5) is 30.3. The fourth-order valence-electron chi connectivity index (χ4n) is 9.84. The first-order chi connectivity index (χ1) is 26.0. The number of carbonyl (C=O) groups is 2. The summed E-state index contributed by atoms with van der Waals surface area (Å²) in [5.41, 5.74) is 3.43. The summed E-state index contributed by atoms with van der Waals surface area (Å²) >= 11 is 6.49. The minimum atomic E-state index is -3.68. The quantitative estimate of drug-likeness (QED) is 0.339. The highest BCUT2D eigenvalue weighted by atomic mass is 35.5. The van der Waals surface area contributed by atoms with Gasteiger partial charge in [-0.25, -0.2) is 4.21 Å². The van der Waals surface area contributed by atoms with Gasteiger partial charge >= 0.3 is 0 Å². The standard InChI is InChI=1S/C40H50ClN5O7S/c1-24-21-54(49,44-38(48)31-20-45(2)42-39(31)51-4)43-37(47)27-8-12-34-33(17-27)46(19-28-7-10-30(28)35(50-3)18-26-13-15-52-36(24)26)22-40(23-53-34)14-5-6-25-16-29(41)9-11-32(25)40/h8-9,11-12,16-17,20,24,26,28,30,35-36H,5-7,10,13-15,18-19,21-23H2,1-4H3,(H,43,44,47,48,49)/t24-,26-,28+,30-,35+,36-,40+,54+/m1/s1. The first-order valence-corrected chi connectivity index (χ1v) is 21.2. The Kier molecular flexibility index (Phi) is 10.2. The van der Waals surface area contributed by atoms with Crippen LogP contribution in [0.3, 0.4) is 0 Å². The normalized spacial score (nSPS) is 32.2. The van der Waals surface area contributed by atoms with Gasteiger partial charge in [0.25, 0.3) is 11.8 Å². The summed E-state index contributed by atoms with van der Waals surface area (Å²) in [5, 5.41) is 4.92. The number of fused-ring (bicyclic) bond motifs is 5. The van der Waals surface area contributed by atoms with Gasteiger partial charge in [0, 0.05) is 56.1 Å². The van der Waals surface area contributed by atoms with Crippen LogP contribution in [0.1, 0.15) is 77.3 Å². The molecular formula is C40H50ClN5O7S. The largest absolute Gasteiger partial charge is 0.490 e. The van der Waals surface area contributed by atoms with E-state index in [9.17, 15) is 13.8 Å². The maximum atomic E-state index is 14.9. The number of amides is 2. The zero-order valence-electron chi connectivity index (χ0n) is 31.4. The first kappa shape index (κ1) is 37.3. The third-order valence-corrected chi connectivity index (χ3v) is 14.7. The molecule has 3 aliphatic heterocycles. The van der Waals surface area contributed by atoms with E-state index in [2.05, 4.69) is 31.2 Å². The summed E-state index contributed by atoms with van der Waals surface area (Å²) in [5.74, 6) is -0.0558. The van der Waals surface area contributed by atoms with Crippen molar-refractivity contribution in [3.63, 3.8) is 0 Å². The Bertz CT molecular complexity index is 2060. The van der Waals surface area contributed by atoms with Gasteiger partial charge in [-0.3, -0.25) is 19.0 Å². The Labute approximate surface area is 322 Å². The predicted octanol–water partition coefficient (Wildman–Crippen LogP) is 5.99. The lowest BCUT2D eigenvalue weighted by Crippen LogP contribution is -2.50. The molecule has 2 bridgehead atoms. The topological polar surface area (TPSA) is 134 Å². The summed E-state index contributed by atoms with van der Waals surface area (Å²) in [6.45, 7) is 4.52. The average Bonchev–Trinajstić information content (AvgIpc) is 3.73. The van der Waals surface area contributed by atoms with Crippen LogP contribution in [0.4, 0.5) is 5.69 Å². The number of benzene rings is 2. The predicted molar refractivity (Wildman–Crippen MR) is 206 cm³/mol. The summed E-state index contributed by atoms with van der Waals surface area (Å²) in [6.07, 6.45) is 8.08. The Morgan fingerprint density at radius 1 is 1.13 bits per heavy atom. The number of hydrogen-bond donors (Lipinski definition) is 1. The van der Waals surface area contributed by atoms with Gasteiger partial charge in [0.2, 0.25) is 5.88 Å². The summed E-state index contributed by atoms with van der Waals surface area (Å²) < 4.78 is 48.0. The van der Waals surface area contributed by atoms with E-state index in [1.807, 2.05) is 32.2 Å². The van der Waals surface area contributed by atoms with Crippen molar-refractivity contribution in [2.45, 2.75) is 69.5 Å². The molecule has 0 radical (unpaired) electrons. The lowest BCUT2D eigenvalue weighted by atomic mass is 9.67. The molecule has 1 N–H and O–H groups in total. The molecule has 2 fully saturated rings. The first-order valence-electron chi connectivity index (χ1n) is 19.1. The molecule has 1 spiro atoms. The van der Waals surface area contributed by atoms with Gasteiger partial charge < -0.3 is 23.8 Å². The van der Waals surface area contributed by atoms with Crippen molar-refractivity contribution in [2.75, 3.05) is 51.2 Å². The molecule has 3 aromatic rings. The molecule has 8 rings (SSSR count). The van der Waals surface area contributed by atoms with Crippen molar-refractivity contribution in [1.82, 2.24) is 14.5 Å². The van der Waals surface area contributed by atoms with Crippen LogP contribution in [-0.4, -0.2) is 84.3 Å². The number of nitrogens with zero attached hydrogens (tertiary/aromatic N) is 4. The third kappa shape index (κ3) is 7.01. The number of carbonyl (C=O) groups excluding carboxylic acids is 2. The van der Waals surface area contributed by atoms with Crippen LogP contribution in [0.2, 0.25) is 5.02 Å². The maximum absolute atomic E-state index is 14.9. The molecule has 2 aromatic carbocycles. The van der Waals surface area contributed by atoms with E-state index in [-0.39, 0.29) is 52.2 Å². The van der Waals surface area contributed by atoms with Crippen LogP contribution in [0.25, 0.3) is 0 Å². The van der Waals surface area contributed by atoms with E-state index in [4.69, 9.17) is 30.5 Å². The monoisotopic (exact) mass is 779 g/mol. The number of halogens is 1. The van der Waals surface area contributed by atoms with Crippen LogP contribution < -0.4 is 19.1 Å². The highest BCUT2D eigenvalue weighted by molar-refractivity contribution is 7.92. The molecule has 4 heterocycles. The van der Waals surface area contributed by atoms with E-state index >= 15 is 0 Å². The second-order valence-electron chi connectivity index (χ2n) is 16.0. The van der Waals surface area contributed by atoms with Gasteiger partial charge in [-0.15, -0.1) is 9.46 Å². The van der Waals surface area contributed by atoms with Gasteiger partial charge in [0.15, 0.2) is 0 Å². The lowest BCUT2D eigenvalue weighted by Gasteiger charge is -2.47. The number of anilines is 1. The maximum Gasteiger partial charge on any atom is 0.286 e. The molecule has 1 aromatic heterocycles. The molecule has 0 unspecified atom stereocenters. The summed E-state index contributed by atoms with van der Waals surface area (Å²) in [6, 6.07) is 11.6. The molecule has 290 valence electrons. The highest BCUT2D eigenvalue weighted by Gasteiger charge is 2.46. The number of aromatic nitrogens is 2. The number of methoxy groups -OCH3 is 2. The SMILES string of the molecule is COc1nn(C)cc1C(=O)N[S@@]1(=O)=NC(=O)c2ccc3c(c2)N(C[C@@H]2CC[C@H]2[C@@H](OC)C[C@H]2CCO[C@@H]2[C@H](C)C1)C[C@@]1(CCCc2cc(Cl)ccc21)CO3. The van der Waals surface area contributed by atoms with E-state index in [1.54, 1.807) is 13.1 Å². The van der Waals surface area contributed by atoms with Gasteiger partial charge in [-0.05, 0) is 110 Å². The molecule has 54 heavy (non-hydrogen) atoms. The van der Waals surface area contributed by atoms with Gasteiger partial charge in [-0.2, -0.15) is 0 Å². The molecule has 12 nitrogen and oxygen atoms in total. The van der Waals surface area contributed by atoms with Crippen LogP contribution >= 0.6 is 11.6 Å². The van der Waals surface area contributed by atoms with E-state index in [0.717, 1.165) is 62.2 Å². The van der Waals surface area contributed by atoms with Gasteiger partial charge in [0.1, 0.15) is 21.2 Å². The van der Waals surface area contributed by atoms with Crippen LogP contribution in [0.15, 0.2) is 47.0 Å². The average molecular weight is 780 g/mol. The van der Waals surface area contributed by atoms with Crippen molar-refractivity contribution >= 4 is 39.0 Å². The van der Waals surface area contributed by atoms with Crippen molar-refractivity contribution in [3.05, 3.63) is 69.9 Å². The Balaban J connectivity index is 1.22. The second-order valence-corrected chi connectivity index (χ2v) is 18.5. The zero-order chi connectivity index (χ0) is 37.8. The molecule has 2 aliphatic carbocycles. The molecular weight excluding hydrogens is 730 g/mol. The van der Waals surface area contributed by atoms with Crippen LogP contribution in [0, 0.1) is 23.7 Å². The number of hydrogen-bond acceptors (Lipinski definition) is 9. The smallest absolute Gasteiger partial charge is 0.286 e. The Morgan fingerprint density at radius 2 is 1.98 bits per heavy atom. The third-order valence-electron chi connectivity index (χ3n) is 12.6. The second kappa shape index (κ2) is 14.8. The molecule has 8 atom stereocenters. The molecule has 1 saturated heterocycles. The Hall–Kier alpha value is -3.65. The van der Waals surface area contributed by atoms with Crippen LogP contribution in [-0.2, 0) is 38.3 Å². The minimum Gasteiger partial charge on any atom is -0.490 e. The fourth-order valence-corrected chi connectivity index (χ4v) is 11.9. The van der Waals surface area contributed by atoms with E-state index in [0.29, 0.717) is 37.3 Å². The molecule has 5 aliphatic rings. The number of aryl methyl sites for hydroxylation is 2. The van der Waals surface area contributed by atoms with Crippen molar-refractivity contribution in [3.8, 4) is 11.6 Å². The number of ether oxygens (including phenoxy) is 4. The van der Waals surface area contributed by atoms with Gasteiger partial charge in [0.05, 0.1) is 37.4 Å². The zero-order valence-corrected chi connectivity index (χ0v) is 33.0. The molecule has 14 heteroatoms. The van der Waals surface area contributed by atoms with Crippen LogP contribution in [0.5, 0.6) is 11.6 Å². The fraction of sp³-hybridized carbons (Fsp3) is 0.575. The van der Waals surface area contributed by atoms with E-state index in [1.165, 1.54) is 29.1 Å². The van der Waals surface area contributed by atoms with Crippen molar-refractivity contribution in [2.24, 2.45) is 35.1 Å². The lowest BCUT2D eigenvalue weighted by molar-refractivity contribution is -0.0402. The van der Waals surface area contributed by atoms with Crippen molar-refractivity contribution in [1.29, 1.82) is 0 Å². The molecule has 1 saturated carbocycles. The summed E-state index contributed by atoms with van der Waals surface area (Å²) in [7, 11) is 1.20. The van der Waals surface area contributed by atoms with Gasteiger partial charge in [-0.1, -0.05) is 24.6 Å². The highest BCUT2D eigenvalue weighted by Crippen LogP contribution is 2.48. The number of nitrogens with one attached hydrogen (secondary N) is 1. The number of rotatable bonds is 4. The minimum absolute atomic E-state index is 0.0342. The Morgan fingerprint density at radius 3 is 2.76 bits per heavy atom. The van der Waals surface area contributed by atoms with Crippen molar-refractivity contribution < 1.29 is 32.7 Å².